The van der Waals surface area contributed by atoms with E-state index in [9.17, 15) is 13.2 Å². The molecule has 0 saturated heterocycles. The molecule has 0 radical (unpaired) electrons. The first-order chi connectivity index (χ1) is 18.9. The lowest BCUT2D eigenvalue weighted by Gasteiger charge is -2.25. The summed E-state index contributed by atoms with van der Waals surface area (Å²) in [6.45, 7) is 2.30. The molecule has 2 aliphatic rings. The molecule has 7 heteroatoms. The van der Waals surface area contributed by atoms with Gasteiger partial charge in [0.2, 0.25) is 15.9 Å². The van der Waals surface area contributed by atoms with Crippen molar-refractivity contribution in [2.75, 3.05) is 4.90 Å². The number of amides is 1. The molecule has 0 bridgehead atoms. The van der Waals surface area contributed by atoms with Gasteiger partial charge in [-0.3, -0.25) is 9.78 Å². The van der Waals surface area contributed by atoms with Gasteiger partial charge in [-0.2, -0.15) is 0 Å². The van der Waals surface area contributed by atoms with Crippen LogP contribution in [-0.2, 0) is 27.8 Å². The van der Waals surface area contributed by atoms with Crippen molar-refractivity contribution >= 4 is 21.6 Å². The van der Waals surface area contributed by atoms with Gasteiger partial charge in [0, 0.05) is 23.3 Å². The van der Waals surface area contributed by atoms with Gasteiger partial charge in [0.25, 0.3) is 0 Å². The van der Waals surface area contributed by atoms with E-state index in [4.69, 9.17) is 0 Å². The molecule has 1 amide bonds. The monoisotopic (exact) mass is 537 g/mol. The maximum absolute atomic E-state index is 14.0. The lowest BCUT2D eigenvalue weighted by molar-refractivity contribution is -0.120. The van der Waals surface area contributed by atoms with E-state index in [2.05, 4.69) is 21.8 Å². The summed E-state index contributed by atoms with van der Waals surface area (Å²) in [7, 11) is -3.67. The second-order valence-corrected chi connectivity index (χ2v) is 12.2. The molecule has 6 rings (SSSR count). The van der Waals surface area contributed by atoms with Crippen LogP contribution in [0.25, 0.3) is 0 Å². The first kappa shape index (κ1) is 25.5. The number of anilines is 1. The third kappa shape index (κ3) is 5.37. The summed E-state index contributed by atoms with van der Waals surface area (Å²) in [4.78, 5) is 20.7. The van der Waals surface area contributed by atoms with Gasteiger partial charge in [0.15, 0.2) is 0 Å². The number of aromatic nitrogens is 1. The summed E-state index contributed by atoms with van der Waals surface area (Å²) in [6, 6.07) is 30.1. The third-order valence-electron chi connectivity index (χ3n) is 7.74. The minimum atomic E-state index is -3.67. The summed E-state index contributed by atoms with van der Waals surface area (Å²) in [6.07, 6.45) is 2.28. The van der Waals surface area contributed by atoms with Crippen molar-refractivity contribution in [1.29, 1.82) is 0 Å². The minimum Gasteiger partial charge on any atom is -0.306 e. The van der Waals surface area contributed by atoms with Gasteiger partial charge in [-0.25, -0.2) is 13.1 Å². The molecule has 3 atom stereocenters. The molecule has 4 aromatic rings. The number of nitrogens with one attached hydrogen (secondary N) is 1. The number of fused-ring (bicyclic) bond motifs is 1. The quantitative estimate of drug-likeness (QED) is 0.313. The SMILES string of the molecule is Cc1cccc(CN(C(=O)[C@H]2C[C@@H]2c2ccccc2)c2ccc3c(c2)[C@@H](NS(=O)(=O)c2ccccc2)CC3)n1. The zero-order valence-corrected chi connectivity index (χ0v) is 22.6. The van der Waals surface area contributed by atoms with Gasteiger partial charge in [0.1, 0.15) is 0 Å². The molecule has 0 aliphatic heterocycles. The van der Waals surface area contributed by atoms with E-state index in [0.717, 1.165) is 41.0 Å². The Labute approximate surface area is 229 Å². The molecule has 6 nitrogen and oxygen atoms in total. The molecule has 1 heterocycles. The van der Waals surface area contributed by atoms with Crippen molar-refractivity contribution in [3.8, 4) is 0 Å². The third-order valence-corrected chi connectivity index (χ3v) is 9.22. The highest BCUT2D eigenvalue weighted by molar-refractivity contribution is 7.89. The van der Waals surface area contributed by atoms with Crippen molar-refractivity contribution in [3.05, 3.63) is 125 Å². The number of hydrogen-bond acceptors (Lipinski definition) is 4. The van der Waals surface area contributed by atoms with Gasteiger partial charge < -0.3 is 4.90 Å². The van der Waals surface area contributed by atoms with E-state index >= 15 is 0 Å². The van der Waals surface area contributed by atoms with Gasteiger partial charge in [-0.15, -0.1) is 0 Å². The first-order valence-electron chi connectivity index (χ1n) is 13.4. The van der Waals surface area contributed by atoms with Crippen LogP contribution in [0.3, 0.4) is 0 Å². The molecule has 39 heavy (non-hydrogen) atoms. The average Bonchev–Trinajstić information content (AvgIpc) is 3.67. The van der Waals surface area contributed by atoms with E-state index in [-0.39, 0.29) is 28.7 Å². The number of pyridine rings is 1. The van der Waals surface area contributed by atoms with E-state index in [0.29, 0.717) is 13.0 Å². The van der Waals surface area contributed by atoms with Crippen molar-refractivity contribution in [2.45, 2.75) is 49.6 Å². The lowest BCUT2D eigenvalue weighted by atomic mass is 10.1. The number of sulfonamides is 1. The van der Waals surface area contributed by atoms with E-state index in [1.54, 1.807) is 30.3 Å². The highest BCUT2D eigenvalue weighted by Gasteiger charge is 2.46. The fourth-order valence-electron chi connectivity index (χ4n) is 5.62. The predicted octanol–water partition coefficient (Wildman–Crippen LogP) is 5.69. The summed E-state index contributed by atoms with van der Waals surface area (Å²) >= 11 is 0. The van der Waals surface area contributed by atoms with Gasteiger partial charge in [-0.1, -0.05) is 60.7 Å². The van der Waals surface area contributed by atoms with Crippen LogP contribution in [0, 0.1) is 12.8 Å². The van der Waals surface area contributed by atoms with Crippen molar-refractivity contribution in [2.24, 2.45) is 5.92 Å². The Bertz CT molecular complexity index is 1610. The Balaban J connectivity index is 1.30. The predicted molar refractivity (Wildman–Crippen MR) is 152 cm³/mol. The Morgan fingerprint density at radius 2 is 1.69 bits per heavy atom. The fourth-order valence-corrected chi connectivity index (χ4v) is 6.89. The maximum Gasteiger partial charge on any atom is 0.241 e. The average molecular weight is 538 g/mol. The lowest BCUT2D eigenvalue weighted by Crippen LogP contribution is -2.33. The van der Waals surface area contributed by atoms with E-state index in [1.807, 2.05) is 66.4 Å². The summed E-state index contributed by atoms with van der Waals surface area (Å²) in [5, 5.41) is 0. The smallest absolute Gasteiger partial charge is 0.241 e. The van der Waals surface area contributed by atoms with Crippen LogP contribution in [0.5, 0.6) is 0 Å². The number of carbonyl (C=O) groups is 1. The number of aryl methyl sites for hydroxylation is 2. The van der Waals surface area contributed by atoms with Crippen LogP contribution in [0.1, 0.15) is 52.9 Å². The number of benzene rings is 3. The molecule has 0 unspecified atom stereocenters. The largest absolute Gasteiger partial charge is 0.306 e. The van der Waals surface area contributed by atoms with Gasteiger partial charge in [0.05, 0.1) is 17.1 Å². The minimum absolute atomic E-state index is 0.0755. The summed E-state index contributed by atoms with van der Waals surface area (Å²) in [5.74, 6) is 0.205. The number of hydrogen-bond donors (Lipinski definition) is 1. The van der Waals surface area contributed by atoms with E-state index in [1.165, 1.54) is 5.56 Å². The number of carbonyl (C=O) groups excluding carboxylic acids is 1. The molecule has 3 aromatic carbocycles. The molecule has 1 N–H and O–H groups in total. The highest BCUT2D eigenvalue weighted by atomic mass is 32.2. The second kappa shape index (κ2) is 10.4. The van der Waals surface area contributed by atoms with Crippen LogP contribution in [0.2, 0.25) is 0 Å². The van der Waals surface area contributed by atoms with Gasteiger partial charge >= 0.3 is 0 Å². The fraction of sp³-hybridized carbons (Fsp3) is 0.250. The van der Waals surface area contributed by atoms with Crippen molar-refractivity contribution in [1.82, 2.24) is 9.71 Å². The Kier molecular flexibility index (Phi) is 6.79. The molecule has 1 aromatic heterocycles. The molecule has 2 aliphatic carbocycles. The molecule has 0 spiro atoms. The summed E-state index contributed by atoms with van der Waals surface area (Å²) < 4.78 is 29.1. The zero-order chi connectivity index (χ0) is 27.0. The van der Waals surface area contributed by atoms with Crippen LogP contribution in [0.15, 0.2) is 102 Å². The van der Waals surface area contributed by atoms with Crippen LogP contribution in [-0.4, -0.2) is 19.3 Å². The molecule has 1 fully saturated rings. The molecular formula is C32H31N3O3S. The second-order valence-electron chi connectivity index (χ2n) is 10.5. The maximum atomic E-state index is 14.0. The Morgan fingerprint density at radius 1 is 0.949 bits per heavy atom. The Hall–Kier alpha value is -3.81. The van der Waals surface area contributed by atoms with Gasteiger partial charge in [-0.05, 0) is 85.2 Å². The van der Waals surface area contributed by atoms with Crippen LogP contribution in [0.4, 0.5) is 5.69 Å². The van der Waals surface area contributed by atoms with Crippen LogP contribution < -0.4 is 9.62 Å². The zero-order valence-electron chi connectivity index (χ0n) is 21.8. The highest BCUT2D eigenvalue weighted by Crippen LogP contribution is 2.49. The first-order valence-corrected chi connectivity index (χ1v) is 14.9. The number of nitrogens with zero attached hydrogens (tertiary/aromatic N) is 2. The molecule has 198 valence electrons. The van der Waals surface area contributed by atoms with E-state index < -0.39 is 10.0 Å². The normalized spacial score (nSPS) is 19.9. The van der Waals surface area contributed by atoms with Crippen LogP contribution >= 0.6 is 0 Å². The Morgan fingerprint density at radius 3 is 2.44 bits per heavy atom. The summed E-state index contributed by atoms with van der Waals surface area (Å²) in [5.41, 5.74) is 5.71. The van der Waals surface area contributed by atoms with Crippen molar-refractivity contribution in [3.63, 3.8) is 0 Å². The topological polar surface area (TPSA) is 79.4 Å². The molecule has 1 saturated carbocycles. The molecular weight excluding hydrogens is 506 g/mol. The van der Waals surface area contributed by atoms with Crippen molar-refractivity contribution < 1.29 is 13.2 Å². The number of rotatable bonds is 8. The standard InChI is InChI=1S/C32H31N3O3S/c1-22-9-8-12-25(33-22)21-35(32(36)30-20-28(30)23-10-4-2-5-11-23)26-17-15-24-16-18-31(29(24)19-26)34-39(37,38)27-13-6-3-7-14-27/h2-15,17,19,28,30-31,34H,16,18,20-21H2,1H3/t28-,30+,31+/m1/s1.